The van der Waals surface area contributed by atoms with Gasteiger partial charge >= 0.3 is 0 Å². The second kappa shape index (κ2) is 6.11. The average Bonchev–Trinajstić information content (AvgIpc) is 2.84. The number of nitro benzene ring substituents is 1. The lowest BCUT2D eigenvalue weighted by Crippen LogP contribution is -2.23. The van der Waals surface area contributed by atoms with Crippen molar-refractivity contribution in [3.8, 4) is 0 Å². The van der Waals surface area contributed by atoms with Gasteiger partial charge in [0, 0.05) is 11.6 Å². The van der Waals surface area contributed by atoms with Crippen molar-refractivity contribution in [3.05, 3.63) is 55.7 Å². The molecule has 1 amide bonds. The van der Waals surface area contributed by atoms with Crippen LogP contribution in [0.25, 0.3) is 0 Å². The Balaban J connectivity index is 2.17. The molecule has 0 saturated heterocycles. The third-order valence-corrected chi connectivity index (χ3v) is 3.33. The van der Waals surface area contributed by atoms with Gasteiger partial charge in [-0.25, -0.2) is 4.98 Å². The largest absolute Gasteiger partial charge is 0.444 e. The lowest BCUT2D eigenvalue weighted by atomic mass is 10.2. The van der Waals surface area contributed by atoms with Crippen LogP contribution in [0.4, 0.5) is 5.69 Å². The summed E-state index contributed by atoms with van der Waals surface area (Å²) in [5.74, 6) is 0.396. The molecule has 1 N–H and O–H groups in total. The van der Waals surface area contributed by atoms with Gasteiger partial charge in [-0.2, -0.15) is 0 Å². The Kier molecular flexibility index (Phi) is 4.44. The van der Waals surface area contributed by atoms with Crippen LogP contribution in [0.1, 0.15) is 22.0 Å². The third kappa shape index (κ3) is 3.50. The molecular weight excluding hydrogens is 321 g/mol. The first-order chi connectivity index (χ1) is 9.88. The molecule has 9 heteroatoms. The molecule has 0 aliphatic heterocycles. The van der Waals surface area contributed by atoms with Crippen LogP contribution in [0.3, 0.4) is 0 Å². The molecule has 0 fully saturated rings. The summed E-state index contributed by atoms with van der Waals surface area (Å²) in [6.45, 7) is 1.78. The van der Waals surface area contributed by atoms with Gasteiger partial charge in [0.1, 0.15) is 10.8 Å². The van der Waals surface area contributed by atoms with Crippen LogP contribution in [0.2, 0.25) is 10.0 Å². The van der Waals surface area contributed by atoms with E-state index in [9.17, 15) is 14.9 Å². The Morgan fingerprint density at radius 2 is 2.19 bits per heavy atom. The molecule has 0 bridgehead atoms. The molecule has 0 aliphatic rings. The fourth-order valence-corrected chi connectivity index (χ4v) is 1.97. The summed E-state index contributed by atoms with van der Waals surface area (Å²) in [6.07, 6.45) is 1.52. The van der Waals surface area contributed by atoms with Crippen molar-refractivity contribution in [1.82, 2.24) is 10.3 Å². The van der Waals surface area contributed by atoms with Crippen LogP contribution < -0.4 is 5.32 Å². The van der Waals surface area contributed by atoms with Crippen molar-refractivity contribution in [2.45, 2.75) is 13.5 Å². The van der Waals surface area contributed by atoms with Crippen LogP contribution in [0.5, 0.6) is 0 Å². The molecule has 2 rings (SSSR count). The van der Waals surface area contributed by atoms with E-state index in [0.29, 0.717) is 11.7 Å². The number of benzene rings is 1. The van der Waals surface area contributed by atoms with Gasteiger partial charge in [-0.3, -0.25) is 14.9 Å². The van der Waals surface area contributed by atoms with Crippen molar-refractivity contribution in [2.24, 2.45) is 0 Å². The lowest BCUT2D eigenvalue weighted by molar-refractivity contribution is -0.384. The minimum Gasteiger partial charge on any atom is -0.444 e. The van der Waals surface area contributed by atoms with E-state index in [-0.39, 0.29) is 22.2 Å². The zero-order chi connectivity index (χ0) is 15.6. The Labute approximate surface area is 129 Å². The van der Waals surface area contributed by atoms with E-state index < -0.39 is 16.5 Å². The number of aromatic nitrogens is 1. The van der Waals surface area contributed by atoms with Gasteiger partial charge in [-0.05, 0) is 13.0 Å². The second-order valence-electron chi connectivity index (χ2n) is 4.10. The second-order valence-corrected chi connectivity index (χ2v) is 4.88. The summed E-state index contributed by atoms with van der Waals surface area (Å²) in [7, 11) is 0. The summed E-state index contributed by atoms with van der Waals surface area (Å²) in [5.41, 5.74) is -0.402. The van der Waals surface area contributed by atoms with E-state index in [4.69, 9.17) is 27.6 Å². The summed E-state index contributed by atoms with van der Waals surface area (Å²) in [4.78, 5) is 26.0. The van der Waals surface area contributed by atoms with Crippen molar-refractivity contribution in [2.75, 3.05) is 0 Å². The highest BCUT2D eigenvalue weighted by Gasteiger charge is 2.20. The number of hydrogen-bond donors (Lipinski definition) is 1. The molecule has 2 aromatic rings. The van der Waals surface area contributed by atoms with Crippen LogP contribution in [0.15, 0.2) is 22.7 Å². The molecule has 0 aliphatic carbocycles. The summed E-state index contributed by atoms with van der Waals surface area (Å²) < 4.78 is 5.19. The smallest absolute Gasteiger partial charge is 0.290 e. The first-order valence-electron chi connectivity index (χ1n) is 5.71. The van der Waals surface area contributed by atoms with Crippen molar-refractivity contribution in [1.29, 1.82) is 0 Å². The maximum atomic E-state index is 12.0. The fourth-order valence-electron chi connectivity index (χ4n) is 1.58. The number of aryl methyl sites for hydroxylation is 1. The van der Waals surface area contributed by atoms with Crippen molar-refractivity contribution >= 4 is 34.8 Å². The number of carbonyl (C=O) groups excluding carboxylic acids is 1. The number of halogens is 2. The number of carbonyl (C=O) groups is 1. The number of rotatable bonds is 4. The molecule has 0 spiro atoms. The highest BCUT2D eigenvalue weighted by Crippen LogP contribution is 2.33. The zero-order valence-corrected chi connectivity index (χ0v) is 12.2. The van der Waals surface area contributed by atoms with Gasteiger partial charge in [0.15, 0.2) is 0 Å². The van der Waals surface area contributed by atoms with Crippen LogP contribution >= 0.6 is 23.2 Å². The summed E-state index contributed by atoms with van der Waals surface area (Å²) >= 11 is 11.5. The Morgan fingerprint density at radius 1 is 1.48 bits per heavy atom. The van der Waals surface area contributed by atoms with Crippen molar-refractivity contribution < 1.29 is 14.1 Å². The molecular formula is C12H9Cl2N3O4. The molecule has 0 saturated carbocycles. The predicted molar refractivity (Wildman–Crippen MR) is 75.5 cm³/mol. The first-order valence-corrected chi connectivity index (χ1v) is 6.47. The van der Waals surface area contributed by atoms with E-state index in [1.165, 1.54) is 12.3 Å². The normalized spacial score (nSPS) is 10.4. The number of amides is 1. The minimum atomic E-state index is -0.706. The van der Waals surface area contributed by atoms with E-state index in [1.54, 1.807) is 6.92 Å². The van der Waals surface area contributed by atoms with Gasteiger partial charge in [0.05, 0.1) is 22.7 Å². The molecule has 110 valence electrons. The molecule has 21 heavy (non-hydrogen) atoms. The van der Waals surface area contributed by atoms with E-state index in [0.717, 1.165) is 6.07 Å². The maximum Gasteiger partial charge on any atom is 0.290 e. The standard InChI is InChI=1S/C12H9Cl2N3O4/c1-6-4-15-10(21-6)5-16-12(18)7-2-8(13)11(14)9(3-7)17(19)20/h2-4H,5H2,1H3,(H,16,18). The SMILES string of the molecule is Cc1cnc(CNC(=O)c2cc(Cl)c(Cl)c([N+](=O)[O-])c2)o1. The molecule has 0 unspecified atom stereocenters. The number of hydrogen-bond acceptors (Lipinski definition) is 5. The molecule has 7 nitrogen and oxygen atoms in total. The van der Waals surface area contributed by atoms with Crippen LogP contribution in [0, 0.1) is 17.0 Å². The highest BCUT2D eigenvalue weighted by molar-refractivity contribution is 6.43. The molecule has 1 heterocycles. The molecule has 0 atom stereocenters. The van der Waals surface area contributed by atoms with Gasteiger partial charge in [0.25, 0.3) is 11.6 Å². The average molecular weight is 330 g/mol. The maximum absolute atomic E-state index is 12.0. The monoisotopic (exact) mass is 329 g/mol. The molecule has 0 radical (unpaired) electrons. The molecule has 1 aromatic heterocycles. The zero-order valence-electron chi connectivity index (χ0n) is 10.7. The van der Waals surface area contributed by atoms with E-state index in [2.05, 4.69) is 10.3 Å². The van der Waals surface area contributed by atoms with Gasteiger partial charge in [0.2, 0.25) is 5.89 Å². The van der Waals surface area contributed by atoms with Gasteiger partial charge in [-0.1, -0.05) is 23.2 Å². The van der Waals surface area contributed by atoms with Crippen LogP contribution in [-0.4, -0.2) is 15.8 Å². The van der Waals surface area contributed by atoms with Gasteiger partial charge in [-0.15, -0.1) is 0 Å². The number of nitro groups is 1. The van der Waals surface area contributed by atoms with Crippen molar-refractivity contribution in [3.63, 3.8) is 0 Å². The first kappa shape index (κ1) is 15.3. The van der Waals surface area contributed by atoms with Crippen LogP contribution in [-0.2, 0) is 6.54 Å². The fraction of sp³-hybridized carbons (Fsp3) is 0.167. The number of nitrogens with zero attached hydrogens (tertiary/aromatic N) is 2. The number of nitrogens with one attached hydrogen (secondary N) is 1. The Bertz CT molecular complexity index is 715. The van der Waals surface area contributed by atoms with Gasteiger partial charge < -0.3 is 9.73 Å². The topological polar surface area (TPSA) is 98.3 Å². The molecule has 1 aromatic carbocycles. The number of oxazole rings is 1. The Hall–Kier alpha value is -2.12. The predicted octanol–water partition coefficient (Wildman–Crippen LogP) is 3.13. The Morgan fingerprint density at radius 3 is 2.76 bits per heavy atom. The summed E-state index contributed by atoms with van der Waals surface area (Å²) in [5, 5.41) is 13.1. The lowest BCUT2D eigenvalue weighted by Gasteiger charge is -2.05. The highest BCUT2D eigenvalue weighted by atomic mass is 35.5. The third-order valence-electron chi connectivity index (χ3n) is 2.54. The minimum absolute atomic E-state index is 0.0272. The van der Waals surface area contributed by atoms with E-state index >= 15 is 0 Å². The summed E-state index contributed by atoms with van der Waals surface area (Å²) in [6, 6.07) is 2.32. The van der Waals surface area contributed by atoms with E-state index in [1.807, 2.05) is 0 Å². The quantitative estimate of drug-likeness (QED) is 0.686.